The average Bonchev–Trinajstić information content (AvgIpc) is 3.55. The highest BCUT2D eigenvalue weighted by atomic mass is 28.3. The van der Waals surface area contributed by atoms with Gasteiger partial charge in [-0.15, -0.1) is 0 Å². The SMILES string of the molecule is C[Si](C)(C)c1ccc(N(c2ccc(-c3ccccc3)cc2)c2ccc3c(c2)c2ccccc2c2cc4c5ccc(N(c6ccc(-c7ccccc7)cc6)c6ccc([Si](C)(C)C)cc6)cc5c5ccccc5c4cc32)cc1. The minimum absolute atomic E-state index is 1.13. The van der Waals surface area contributed by atoms with Crippen molar-refractivity contribution in [3.05, 3.63) is 255 Å². The van der Waals surface area contributed by atoms with Crippen LogP contribution in [-0.4, -0.2) is 16.1 Å². The summed E-state index contributed by atoms with van der Waals surface area (Å²) in [5, 5.41) is 18.0. The van der Waals surface area contributed by atoms with Crippen molar-refractivity contribution in [2.75, 3.05) is 9.80 Å². The van der Waals surface area contributed by atoms with E-state index in [0.717, 1.165) is 34.1 Å². The van der Waals surface area contributed by atoms with E-state index in [1.165, 1.54) is 97.3 Å². The predicted octanol–water partition coefficient (Wildman–Crippen LogP) is 20.0. The van der Waals surface area contributed by atoms with Gasteiger partial charge in [0.2, 0.25) is 0 Å². The van der Waals surface area contributed by atoms with Gasteiger partial charge in [-0.3, -0.25) is 0 Å². The molecule has 0 aromatic heterocycles. The first-order chi connectivity index (χ1) is 36.9. The lowest BCUT2D eigenvalue weighted by Crippen LogP contribution is -2.37. The Kier molecular flexibility index (Phi) is 11.6. The molecule has 0 aliphatic carbocycles. The van der Waals surface area contributed by atoms with Crippen LogP contribution in [0.5, 0.6) is 0 Å². The Morgan fingerprint density at radius 3 is 0.737 bits per heavy atom. The smallest absolute Gasteiger partial charge is 0.0775 e. The molecule has 13 aromatic carbocycles. The molecule has 0 heterocycles. The van der Waals surface area contributed by atoms with Crippen molar-refractivity contribution in [3.63, 3.8) is 0 Å². The van der Waals surface area contributed by atoms with Crippen LogP contribution in [0.15, 0.2) is 255 Å². The molecule has 76 heavy (non-hydrogen) atoms. The van der Waals surface area contributed by atoms with Crippen molar-refractivity contribution in [2.45, 2.75) is 39.3 Å². The molecule has 0 unspecified atom stereocenters. The van der Waals surface area contributed by atoms with Gasteiger partial charge in [0.05, 0.1) is 16.1 Å². The quantitative estimate of drug-likeness (QED) is 0.0765. The molecule has 0 aliphatic rings. The normalized spacial score (nSPS) is 12.1. The van der Waals surface area contributed by atoms with E-state index in [1.54, 1.807) is 0 Å². The summed E-state index contributed by atoms with van der Waals surface area (Å²) in [5.41, 5.74) is 11.7. The zero-order chi connectivity index (χ0) is 51.7. The van der Waals surface area contributed by atoms with Crippen LogP contribution in [0.3, 0.4) is 0 Å². The van der Waals surface area contributed by atoms with Gasteiger partial charge in [-0.1, -0.05) is 220 Å². The van der Waals surface area contributed by atoms with Gasteiger partial charge in [0.1, 0.15) is 0 Å². The van der Waals surface area contributed by atoms with Gasteiger partial charge in [0.25, 0.3) is 0 Å². The van der Waals surface area contributed by atoms with E-state index in [2.05, 4.69) is 304 Å². The summed E-state index contributed by atoms with van der Waals surface area (Å²) in [5.74, 6) is 0. The molecule has 0 radical (unpaired) electrons. The van der Waals surface area contributed by atoms with E-state index >= 15 is 0 Å². The molecule has 0 aliphatic heterocycles. The van der Waals surface area contributed by atoms with Crippen LogP contribution in [0.4, 0.5) is 34.1 Å². The molecule has 2 nitrogen and oxygen atoms in total. The molecule has 0 fully saturated rings. The minimum atomic E-state index is -1.51. The second-order valence-electron chi connectivity index (χ2n) is 22.6. The Balaban J connectivity index is 0.985. The molecule has 0 saturated carbocycles. The van der Waals surface area contributed by atoms with Crippen LogP contribution in [0.1, 0.15) is 0 Å². The van der Waals surface area contributed by atoms with Crippen LogP contribution in [-0.2, 0) is 0 Å². The maximum Gasteiger partial charge on any atom is 0.0775 e. The first-order valence-electron chi connectivity index (χ1n) is 26.7. The summed E-state index contributed by atoms with van der Waals surface area (Å²) >= 11 is 0. The third kappa shape index (κ3) is 8.44. The van der Waals surface area contributed by atoms with Crippen LogP contribution < -0.4 is 20.2 Å². The third-order valence-electron chi connectivity index (χ3n) is 15.7. The highest BCUT2D eigenvalue weighted by Crippen LogP contribution is 2.46. The second kappa shape index (κ2) is 18.7. The van der Waals surface area contributed by atoms with Crippen molar-refractivity contribution < 1.29 is 0 Å². The lowest BCUT2D eigenvalue weighted by molar-refractivity contribution is 1.29. The molecule has 13 aromatic rings. The number of fused-ring (bicyclic) bond motifs is 12. The molecule has 13 rings (SSSR count). The Labute approximate surface area is 448 Å². The topological polar surface area (TPSA) is 6.48 Å². The fraction of sp³-hybridized carbons (Fsp3) is 0.0833. The number of rotatable bonds is 10. The molecule has 0 atom stereocenters. The van der Waals surface area contributed by atoms with Gasteiger partial charge in [0, 0.05) is 34.1 Å². The zero-order valence-electron chi connectivity index (χ0n) is 44.1. The Hall–Kier alpha value is -8.55. The number of hydrogen-bond acceptors (Lipinski definition) is 2. The van der Waals surface area contributed by atoms with Gasteiger partial charge in [0.15, 0.2) is 0 Å². The van der Waals surface area contributed by atoms with Crippen LogP contribution in [0.2, 0.25) is 39.3 Å². The van der Waals surface area contributed by atoms with Gasteiger partial charge in [-0.25, -0.2) is 0 Å². The Bertz CT molecular complexity index is 4030. The third-order valence-corrected chi connectivity index (χ3v) is 19.9. The largest absolute Gasteiger partial charge is 0.310 e. The molecule has 0 bridgehead atoms. The standard InChI is InChI=1S/C72H60N2Si2/c1-75(2,3)59-39-33-55(34-40-59)73(53-29-25-51(26-30-53)49-17-9-7-10-18-49)57-37-43-65-67(45-57)61-21-13-15-23-63(61)69-48-72-66-44-38-58(46-68(66)62-22-14-16-24-64(62)70(72)47-71(65)69)74(56-35-41-60(42-36-56)76(4,5)6)54-31-27-52(28-32-54)50-19-11-8-12-20-50/h7-48H,1-6H3. The number of hydrogen-bond donors (Lipinski definition) is 0. The summed E-state index contributed by atoms with van der Waals surface area (Å²) < 4.78 is 0. The van der Waals surface area contributed by atoms with Crippen molar-refractivity contribution in [1.82, 2.24) is 0 Å². The molecule has 0 saturated heterocycles. The van der Waals surface area contributed by atoms with E-state index in [-0.39, 0.29) is 0 Å². The van der Waals surface area contributed by atoms with Crippen molar-refractivity contribution >= 4 is 125 Å². The molecule has 0 amide bonds. The van der Waals surface area contributed by atoms with Gasteiger partial charge in [-0.2, -0.15) is 0 Å². The van der Waals surface area contributed by atoms with Crippen molar-refractivity contribution in [1.29, 1.82) is 0 Å². The molecular formula is C72H60N2Si2. The second-order valence-corrected chi connectivity index (χ2v) is 32.7. The van der Waals surface area contributed by atoms with Gasteiger partial charge >= 0.3 is 0 Å². The Morgan fingerprint density at radius 1 is 0.197 bits per heavy atom. The maximum atomic E-state index is 2.49. The lowest BCUT2D eigenvalue weighted by Gasteiger charge is -2.28. The molecule has 4 heteroatoms. The maximum absolute atomic E-state index is 2.49. The number of benzene rings is 13. The van der Waals surface area contributed by atoms with E-state index in [1.807, 2.05) is 0 Å². The van der Waals surface area contributed by atoms with E-state index < -0.39 is 16.1 Å². The first-order valence-corrected chi connectivity index (χ1v) is 33.7. The number of nitrogens with zero attached hydrogens (tertiary/aromatic N) is 2. The lowest BCUT2D eigenvalue weighted by atomic mass is 9.88. The molecule has 0 spiro atoms. The monoisotopic (exact) mass is 1010 g/mol. The first kappa shape index (κ1) is 47.2. The van der Waals surface area contributed by atoms with Gasteiger partial charge in [-0.05, 0) is 172 Å². The fourth-order valence-corrected chi connectivity index (χ4v) is 14.0. The van der Waals surface area contributed by atoms with Crippen LogP contribution in [0.25, 0.3) is 86.9 Å². The van der Waals surface area contributed by atoms with E-state index in [0.29, 0.717) is 0 Å². The Morgan fingerprint density at radius 2 is 0.434 bits per heavy atom. The van der Waals surface area contributed by atoms with Crippen molar-refractivity contribution in [3.8, 4) is 22.3 Å². The molecular weight excluding hydrogens is 949 g/mol. The van der Waals surface area contributed by atoms with E-state index in [4.69, 9.17) is 0 Å². The summed E-state index contributed by atoms with van der Waals surface area (Å²) in [6, 6.07) is 95.4. The van der Waals surface area contributed by atoms with E-state index in [9.17, 15) is 0 Å². The molecule has 366 valence electrons. The average molecular weight is 1010 g/mol. The fourth-order valence-electron chi connectivity index (χ4n) is 11.6. The summed E-state index contributed by atoms with van der Waals surface area (Å²) in [7, 11) is -3.02. The highest BCUT2D eigenvalue weighted by molar-refractivity contribution is 6.89. The van der Waals surface area contributed by atoms with Gasteiger partial charge < -0.3 is 9.80 Å². The zero-order valence-corrected chi connectivity index (χ0v) is 46.1. The van der Waals surface area contributed by atoms with Crippen molar-refractivity contribution in [2.24, 2.45) is 0 Å². The highest BCUT2D eigenvalue weighted by Gasteiger charge is 2.23. The van der Waals surface area contributed by atoms with Crippen LogP contribution >= 0.6 is 0 Å². The summed E-state index contributed by atoms with van der Waals surface area (Å²) in [6.07, 6.45) is 0. The summed E-state index contributed by atoms with van der Waals surface area (Å²) in [6.45, 7) is 14.5. The summed E-state index contributed by atoms with van der Waals surface area (Å²) in [4.78, 5) is 4.86. The molecule has 0 N–H and O–H groups in total. The minimum Gasteiger partial charge on any atom is -0.310 e. The van der Waals surface area contributed by atoms with Crippen LogP contribution in [0, 0.1) is 0 Å². The predicted molar refractivity (Wildman–Crippen MR) is 338 cm³/mol. The number of anilines is 6.